The van der Waals surface area contributed by atoms with Crippen LogP contribution in [-0.4, -0.2) is 15.2 Å². The summed E-state index contributed by atoms with van der Waals surface area (Å²) in [6.45, 7) is 3.73. The summed E-state index contributed by atoms with van der Waals surface area (Å²) in [5.41, 5.74) is 5.42. The number of nitrogen functional groups attached to an aromatic ring is 1. The number of halogens is 1. The number of hydrogen-bond donors (Lipinski definition) is 2. The fourth-order valence-electron chi connectivity index (χ4n) is 1.65. The number of aromatic amines is 1. The number of aromatic nitrogens is 3. The Morgan fingerprint density at radius 2 is 2.00 bits per heavy atom. The molecule has 84 valence electrons. The first-order valence-corrected chi connectivity index (χ1v) is 4.95. The molecule has 3 N–H and O–H groups in total. The zero-order chi connectivity index (χ0) is 11.8. The number of H-pyrrole nitrogens is 1. The van der Waals surface area contributed by atoms with E-state index in [0.717, 1.165) is 0 Å². The van der Waals surface area contributed by atoms with E-state index in [1.807, 2.05) is 13.8 Å². The van der Waals surface area contributed by atoms with Gasteiger partial charge in [-0.05, 0) is 19.9 Å². The summed E-state index contributed by atoms with van der Waals surface area (Å²) < 4.78 is 13.7. The molecule has 2 aromatic rings. The van der Waals surface area contributed by atoms with Crippen molar-refractivity contribution in [1.29, 1.82) is 0 Å². The molecule has 0 unspecified atom stereocenters. The molecule has 1 aromatic carbocycles. The highest BCUT2D eigenvalue weighted by molar-refractivity contribution is 5.33. The molecule has 0 spiro atoms. The van der Waals surface area contributed by atoms with Crippen molar-refractivity contribution in [2.45, 2.75) is 19.3 Å². The maximum atomic E-state index is 13.7. The predicted octanol–water partition coefficient (Wildman–Crippen LogP) is 1.85. The number of anilines is 1. The van der Waals surface area contributed by atoms with Crippen molar-refractivity contribution >= 4 is 5.95 Å². The predicted molar refractivity (Wildman–Crippen MR) is 59.3 cm³/mol. The average Bonchev–Trinajstić information content (AvgIpc) is 2.66. The Hall–Kier alpha value is -1.91. The summed E-state index contributed by atoms with van der Waals surface area (Å²) in [5, 5.41) is 6.48. The van der Waals surface area contributed by atoms with E-state index in [1.54, 1.807) is 18.2 Å². The summed E-state index contributed by atoms with van der Waals surface area (Å²) in [4.78, 5) is 4.04. The van der Waals surface area contributed by atoms with Crippen LogP contribution in [0.2, 0.25) is 0 Å². The zero-order valence-electron chi connectivity index (χ0n) is 9.16. The summed E-state index contributed by atoms with van der Waals surface area (Å²) in [6, 6.07) is 6.61. The van der Waals surface area contributed by atoms with Crippen molar-refractivity contribution in [3.8, 4) is 0 Å². The Morgan fingerprint density at radius 3 is 2.56 bits per heavy atom. The number of rotatable bonds is 2. The van der Waals surface area contributed by atoms with Crippen LogP contribution in [0, 0.1) is 5.82 Å². The second-order valence-electron chi connectivity index (χ2n) is 4.15. The highest BCUT2D eigenvalue weighted by atomic mass is 19.1. The van der Waals surface area contributed by atoms with Gasteiger partial charge in [0.1, 0.15) is 11.6 Å². The fourth-order valence-corrected chi connectivity index (χ4v) is 1.65. The molecular formula is C11H13FN4. The van der Waals surface area contributed by atoms with Gasteiger partial charge in [0.15, 0.2) is 0 Å². The number of nitrogens with two attached hydrogens (primary N) is 1. The van der Waals surface area contributed by atoms with Gasteiger partial charge in [-0.25, -0.2) is 4.39 Å². The van der Waals surface area contributed by atoms with Gasteiger partial charge in [-0.15, -0.1) is 5.10 Å². The van der Waals surface area contributed by atoms with Crippen LogP contribution in [-0.2, 0) is 5.41 Å². The highest BCUT2D eigenvalue weighted by Gasteiger charge is 2.29. The molecule has 0 atom stereocenters. The lowest BCUT2D eigenvalue weighted by Gasteiger charge is -2.22. The maximum Gasteiger partial charge on any atom is 0.239 e. The third kappa shape index (κ3) is 1.64. The van der Waals surface area contributed by atoms with E-state index >= 15 is 0 Å². The third-order valence-electron chi connectivity index (χ3n) is 2.64. The molecule has 0 fully saturated rings. The number of hydrogen-bond acceptors (Lipinski definition) is 3. The van der Waals surface area contributed by atoms with E-state index in [-0.39, 0.29) is 11.8 Å². The van der Waals surface area contributed by atoms with Crippen molar-refractivity contribution in [1.82, 2.24) is 15.2 Å². The molecule has 0 aliphatic heterocycles. The average molecular weight is 220 g/mol. The van der Waals surface area contributed by atoms with E-state index < -0.39 is 5.41 Å². The van der Waals surface area contributed by atoms with Crippen molar-refractivity contribution < 1.29 is 4.39 Å². The first-order valence-electron chi connectivity index (χ1n) is 4.95. The quantitative estimate of drug-likeness (QED) is 0.811. The molecule has 5 heteroatoms. The van der Waals surface area contributed by atoms with Gasteiger partial charge in [-0.3, -0.25) is 5.10 Å². The first kappa shape index (κ1) is 10.6. The Balaban J connectivity index is 2.50. The first-order chi connectivity index (χ1) is 7.51. The highest BCUT2D eigenvalue weighted by Crippen LogP contribution is 2.30. The Morgan fingerprint density at radius 1 is 1.31 bits per heavy atom. The van der Waals surface area contributed by atoms with Crippen LogP contribution in [0.4, 0.5) is 10.3 Å². The summed E-state index contributed by atoms with van der Waals surface area (Å²) in [7, 11) is 0. The van der Waals surface area contributed by atoms with Crippen molar-refractivity contribution in [2.75, 3.05) is 5.73 Å². The number of nitrogens with one attached hydrogen (secondary N) is 1. The van der Waals surface area contributed by atoms with Gasteiger partial charge in [0, 0.05) is 5.56 Å². The Kier molecular flexibility index (Phi) is 2.38. The van der Waals surface area contributed by atoms with Crippen LogP contribution in [0.15, 0.2) is 24.3 Å². The topological polar surface area (TPSA) is 67.6 Å². The molecule has 0 aliphatic rings. The van der Waals surface area contributed by atoms with Gasteiger partial charge >= 0.3 is 0 Å². The van der Waals surface area contributed by atoms with E-state index in [4.69, 9.17) is 5.73 Å². The molecule has 16 heavy (non-hydrogen) atoms. The molecule has 2 rings (SSSR count). The molecule has 1 aromatic heterocycles. The van der Waals surface area contributed by atoms with E-state index in [2.05, 4.69) is 15.2 Å². The van der Waals surface area contributed by atoms with Gasteiger partial charge in [-0.1, -0.05) is 18.2 Å². The van der Waals surface area contributed by atoms with E-state index in [0.29, 0.717) is 11.4 Å². The minimum atomic E-state index is -0.587. The maximum absolute atomic E-state index is 13.7. The van der Waals surface area contributed by atoms with Crippen molar-refractivity contribution in [3.05, 3.63) is 41.5 Å². The number of benzene rings is 1. The van der Waals surface area contributed by atoms with Crippen LogP contribution in [0.5, 0.6) is 0 Å². The van der Waals surface area contributed by atoms with Crippen LogP contribution in [0.1, 0.15) is 25.2 Å². The minimum absolute atomic E-state index is 0.166. The normalized spacial score (nSPS) is 11.7. The third-order valence-corrected chi connectivity index (χ3v) is 2.64. The molecule has 1 heterocycles. The minimum Gasteiger partial charge on any atom is -0.367 e. The van der Waals surface area contributed by atoms with Gasteiger partial charge in [0.25, 0.3) is 0 Å². The summed E-state index contributed by atoms with van der Waals surface area (Å²) in [5.74, 6) is 0.456. The summed E-state index contributed by atoms with van der Waals surface area (Å²) in [6.07, 6.45) is 0. The Labute approximate surface area is 92.7 Å². The zero-order valence-corrected chi connectivity index (χ0v) is 9.16. The van der Waals surface area contributed by atoms with Crippen molar-refractivity contribution in [2.24, 2.45) is 0 Å². The van der Waals surface area contributed by atoms with Crippen molar-refractivity contribution in [3.63, 3.8) is 0 Å². The van der Waals surface area contributed by atoms with Crippen LogP contribution in [0.25, 0.3) is 0 Å². The van der Waals surface area contributed by atoms with Gasteiger partial charge in [0.05, 0.1) is 5.41 Å². The van der Waals surface area contributed by atoms with Gasteiger partial charge in [0.2, 0.25) is 5.95 Å². The fraction of sp³-hybridized carbons (Fsp3) is 0.273. The van der Waals surface area contributed by atoms with Gasteiger partial charge in [-0.2, -0.15) is 4.98 Å². The van der Waals surface area contributed by atoms with E-state index in [1.165, 1.54) is 6.07 Å². The molecule has 0 saturated carbocycles. The molecule has 4 nitrogen and oxygen atoms in total. The second kappa shape index (κ2) is 3.59. The van der Waals surface area contributed by atoms with Gasteiger partial charge < -0.3 is 5.73 Å². The van der Waals surface area contributed by atoms with Crippen LogP contribution < -0.4 is 5.73 Å². The summed E-state index contributed by atoms with van der Waals surface area (Å²) >= 11 is 0. The molecule has 0 saturated heterocycles. The largest absolute Gasteiger partial charge is 0.367 e. The lowest BCUT2D eigenvalue weighted by atomic mass is 9.83. The SMILES string of the molecule is CC(C)(c1nc(N)n[nH]1)c1ccccc1F. The number of nitrogens with zero attached hydrogens (tertiary/aromatic N) is 2. The molecule has 0 aliphatic carbocycles. The van der Waals surface area contributed by atoms with E-state index in [9.17, 15) is 4.39 Å². The standard InChI is InChI=1S/C11H13FN4/c1-11(2,9-14-10(13)16-15-9)7-5-3-4-6-8(7)12/h3-6H,1-2H3,(H3,13,14,15,16). The smallest absolute Gasteiger partial charge is 0.239 e. The molecular weight excluding hydrogens is 207 g/mol. The molecule has 0 bridgehead atoms. The lowest BCUT2D eigenvalue weighted by Crippen LogP contribution is -2.22. The Bertz CT molecular complexity index is 504. The molecule has 0 radical (unpaired) electrons. The van der Waals surface area contributed by atoms with Crippen LogP contribution >= 0.6 is 0 Å². The van der Waals surface area contributed by atoms with Crippen LogP contribution in [0.3, 0.4) is 0 Å². The lowest BCUT2D eigenvalue weighted by molar-refractivity contribution is 0.528. The molecule has 0 amide bonds. The monoisotopic (exact) mass is 220 g/mol. The second-order valence-corrected chi connectivity index (χ2v) is 4.15.